The predicted octanol–water partition coefficient (Wildman–Crippen LogP) is 2.71. The third kappa shape index (κ3) is 2.45. The van der Waals surface area contributed by atoms with Gasteiger partial charge in [-0.05, 0) is 30.3 Å². The van der Waals surface area contributed by atoms with E-state index in [1.54, 1.807) is 12.1 Å². The Morgan fingerprint density at radius 3 is 2.61 bits per heavy atom. The molecule has 3 N–H and O–H groups in total. The monoisotopic (exact) mass is 306 g/mol. The molecule has 0 fully saturated rings. The lowest BCUT2D eigenvalue weighted by molar-refractivity contribution is 0.373. The van der Waals surface area contributed by atoms with E-state index in [0.717, 1.165) is 5.69 Å². The summed E-state index contributed by atoms with van der Waals surface area (Å²) in [5.41, 5.74) is 8.20. The van der Waals surface area contributed by atoms with Gasteiger partial charge in [-0.15, -0.1) is 0 Å². The van der Waals surface area contributed by atoms with Crippen molar-refractivity contribution in [3.05, 3.63) is 54.1 Å². The highest BCUT2D eigenvalue weighted by Gasteiger charge is 2.19. The van der Waals surface area contributed by atoms with Crippen LogP contribution in [0.5, 0.6) is 11.5 Å². The Kier molecular flexibility index (Phi) is 3.61. The second-order valence-corrected chi connectivity index (χ2v) is 4.85. The Morgan fingerprint density at radius 1 is 1.22 bits per heavy atom. The summed E-state index contributed by atoms with van der Waals surface area (Å²) in [6, 6.07) is 16.2. The predicted molar refractivity (Wildman–Crippen MR) is 86.3 cm³/mol. The van der Waals surface area contributed by atoms with Gasteiger partial charge in [0, 0.05) is 5.56 Å². The first kappa shape index (κ1) is 14.5. The highest BCUT2D eigenvalue weighted by molar-refractivity contribution is 5.75. The van der Waals surface area contributed by atoms with E-state index in [9.17, 15) is 10.4 Å². The fourth-order valence-corrected chi connectivity index (χ4v) is 2.33. The zero-order chi connectivity index (χ0) is 16.4. The van der Waals surface area contributed by atoms with Crippen LogP contribution in [0.25, 0.3) is 16.9 Å². The Bertz CT molecular complexity index is 895. The van der Waals surface area contributed by atoms with Crippen molar-refractivity contribution in [1.82, 2.24) is 9.78 Å². The molecular formula is C17H14N4O2. The van der Waals surface area contributed by atoms with Crippen molar-refractivity contribution in [1.29, 1.82) is 5.26 Å². The Morgan fingerprint density at radius 2 is 1.96 bits per heavy atom. The maximum atomic E-state index is 9.71. The standard InChI is InChI=1S/C17H14N4O2/c1-23-15-9-11(7-8-14(15)22)16-13(10-18)17(19)21(20-16)12-5-3-2-4-6-12/h2-9,22H,19H2,1H3. The normalized spacial score (nSPS) is 10.3. The zero-order valence-corrected chi connectivity index (χ0v) is 12.4. The number of hydrogen-bond acceptors (Lipinski definition) is 5. The average molecular weight is 306 g/mol. The van der Waals surface area contributed by atoms with Crippen LogP contribution >= 0.6 is 0 Å². The summed E-state index contributed by atoms with van der Waals surface area (Å²) in [6.45, 7) is 0. The van der Waals surface area contributed by atoms with Gasteiger partial charge in [-0.1, -0.05) is 18.2 Å². The molecule has 0 spiro atoms. The number of nitriles is 1. The summed E-state index contributed by atoms with van der Waals surface area (Å²) in [5.74, 6) is 0.588. The number of nitrogens with two attached hydrogens (primary N) is 1. The summed E-state index contributed by atoms with van der Waals surface area (Å²) in [4.78, 5) is 0. The van der Waals surface area contributed by atoms with Crippen LogP contribution in [0.1, 0.15) is 5.56 Å². The average Bonchev–Trinajstić information content (AvgIpc) is 2.92. The molecular weight excluding hydrogens is 292 g/mol. The van der Waals surface area contributed by atoms with Gasteiger partial charge in [0.05, 0.1) is 12.8 Å². The lowest BCUT2D eigenvalue weighted by Crippen LogP contribution is -2.01. The minimum absolute atomic E-state index is 0.0187. The number of phenolic OH excluding ortho intramolecular Hbond substituents is 1. The highest BCUT2D eigenvalue weighted by Crippen LogP contribution is 2.34. The maximum absolute atomic E-state index is 9.71. The van der Waals surface area contributed by atoms with Crippen molar-refractivity contribution in [2.45, 2.75) is 0 Å². The molecule has 3 aromatic rings. The van der Waals surface area contributed by atoms with Crippen LogP contribution in [-0.2, 0) is 0 Å². The molecule has 0 saturated carbocycles. The largest absolute Gasteiger partial charge is 0.504 e. The highest BCUT2D eigenvalue weighted by atomic mass is 16.5. The van der Waals surface area contributed by atoms with Crippen molar-refractivity contribution in [3.63, 3.8) is 0 Å². The molecule has 0 radical (unpaired) electrons. The molecule has 0 aliphatic rings. The van der Waals surface area contributed by atoms with Crippen molar-refractivity contribution in [2.75, 3.05) is 12.8 Å². The number of nitrogens with zero attached hydrogens (tertiary/aromatic N) is 3. The van der Waals surface area contributed by atoms with Crippen LogP contribution in [0.15, 0.2) is 48.5 Å². The number of para-hydroxylation sites is 1. The van der Waals surface area contributed by atoms with E-state index in [2.05, 4.69) is 11.2 Å². The minimum atomic E-state index is 0.0187. The van der Waals surface area contributed by atoms with Crippen LogP contribution in [0.2, 0.25) is 0 Å². The number of phenols is 1. The molecule has 0 amide bonds. The molecule has 0 saturated heterocycles. The molecule has 1 aromatic heterocycles. The molecule has 0 aliphatic heterocycles. The first-order chi connectivity index (χ1) is 11.2. The van der Waals surface area contributed by atoms with Gasteiger partial charge in [0.2, 0.25) is 0 Å². The third-order valence-corrected chi connectivity index (χ3v) is 3.49. The summed E-state index contributed by atoms with van der Waals surface area (Å²) in [6.07, 6.45) is 0. The van der Waals surface area contributed by atoms with Gasteiger partial charge >= 0.3 is 0 Å². The van der Waals surface area contributed by atoms with Crippen molar-refractivity contribution >= 4 is 5.82 Å². The number of benzene rings is 2. The molecule has 0 unspecified atom stereocenters. The van der Waals surface area contributed by atoms with Gasteiger partial charge in [-0.3, -0.25) is 0 Å². The van der Waals surface area contributed by atoms with E-state index in [-0.39, 0.29) is 17.1 Å². The fourth-order valence-electron chi connectivity index (χ4n) is 2.33. The van der Waals surface area contributed by atoms with E-state index in [0.29, 0.717) is 17.0 Å². The smallest absolute Gasteiger partial charge is 0.161 e. The summed E-state index contributed by atoms with van der Waals surface area (Å²) in [5, 5.41) is 23.6. The van der Waals surface area contributed by atoms with Crippen LogP contribution in [-0.4, -0.2) is 22.0 Å². The number of aromatic nitrogens is 2. The lowest BCUT2D eigenvalue weighted by Gasteiger charge is -2.05. The van der Waals surface area contributed by atoms with E-state index in [1.807, 2.05) is 30.3 Å². The van der Waals surface area contributed by atoms with Gasteiger partial charge in [0.25, 0.3) is 0 Å². The number of nitrogen functional groups attached to an aromatic ring is 1. The Balaban J connectivity index is 2.19. The minimum Gasteiger partial charge on any atom is -0.504 e. The molecule has 3 rings (SSSR count). The summed E-state index contributed by atoms with van der Waals surface area (Å²) >= 11 is 0. The lowest BCUT2D eigenvalue weighted by atomic mass is 10.1. The van der Waals surface area contributed by atoms with Crippen molar-refractivity contribution in [3.8, 4) is 34.5 Å². The van der Waals surface area contributed by atoms with E-state index in [1.165, 1.54) is 17.9 Å². The molecule has 0 bridgehead atoms. The summed E-state index contributed by atoms with van der Waals surface area (Å²) in [7, 11) is 1.46. The number of hydrogen-bond donors (Lipinski definition) is 2. The van der Waals surface area contributed by atoms with Crippen LogP contribution < -0.4 is 10.5 Å². The van der Waals surface area contributed by atoms with Crippen molar-refractivity contribution in [2.24, 2.45) is 0 Å². The molecule has 23 heavy (non-hydrogen) atoms. The fraction of sp³-hybridized carbons (Fsp3) is 0.0588. The maximum Gasteiger partial charge on any atom is 0.161 e. The van der Waals surface area contributed by atoms with Crippen LogP contribution in [0.4, 0.5) is 5.82 Å². The van der Waals surface area contributed by atoms with Gasteiger partial charge in [-0.2, -0.15) is 10.4 Å². The van der Waals surface area contributed by atoms with E-state index < -0.39 is 0 Å². The first-order valence-corrected chi connectivity index (χ1v) is 6.87. The third-order valence-electron chi connectivity index (χ3n) is 3.49. The molecule has 114 valence electrons. The van der Waals surface area contributed by atoms with Gasteiger partial charge in [-0.25, -0.2) is 4.68 Å². The second kappa shape index (κ2) is 5.73. The quantitative estimate of drug-likeness (QED) is 0.775. The van der Waals surface area contributed by atoms with Gasteiger partial charge in [0.1, 0.15) is 23.1 Å². The van der Waals surface area contributed by atoms with Gasteiger partial charge < -0.3 is 15.6 Å². The molecule has 1 heterocycles. The number of anilines is 1. The number of ether oxygens (including phenoxy) is 1. The molecule has 0 atom stereocenters. The summed E-state index contributed by atoms with van der Waals surface area (Å²) < 4.78 is 6.62. The van der Waals surface area contributed by atoms with Gasteiger partial charge in [0.15, 0.2) is 11.5 Å². The van der Waals surface area contributed by atoms with E-state index in [4.69, 9.17) is 10.5 Å². The van der Waals surface area contributed by atoms with Crippen LogP contribution in [0.3, 0.4) is 0 Å². The Labute approximate surface area is 133 Å². The SMILES string of the molecule is COc1cc(-c2nn(-c3ccccc3)c(N)c2C#N)ccc1O. The van der Waals surface area contributed by atoms with E-state index >= 15 is 0 Å². The second-order valence-electron chi connectivity index (χ2n) is 4.85. The number of aromatic hydroxyl groups is 1. The number of rotatable bonds is 3. The zero-order valence-electron chi connectivity index (χ0n) is 12.4. The van der Waals surface area contributed by atoms with Crippen molar-refractivity contribution < 1.29 is 9.84 Å². The Hall–Kier alpha value is -3.46. The molecule has 0 aliphatic carbocycles. The molecule has 6 heteroatoms. The van der Waals surface area contributed by atoms with Crippen LogP contribution in [0, 0.1) is 11.3 Å². The topological polar surface area (TPSA) is 97.1 Å². The number of methoxy groups -OCH3 is 1. The first-order valence-electron chi connectivity index (χ1n) is 6.87. The molecule has 2 aromatic carbocycles. The molecule has 6 nitrogen and oxygen atoms in total.